The quantitative estimate of drug-likeness (QED) is 0.441. The fourth-order valence-corrected chi connectivity index (χ4v) is 1.91. The third-order valence-corrected chi connectivity index (χ3v) is 2.66. The molecule has 0 aliphatic carbocycles. The highest BCUT2D eigenvalue weighted by atomic mass is 127. The normalized spacial score (nSPS) is 12.0. The van der Waals surface area contributed by atoms with Crippen LogP contribution in [0.2, 0.25) is 5.02 Å². The van der Waals surface area contributed by atoms with Crippen LogP contribution >= 0.6 is 34.2 Å². The summed E-state index contributed by atoms with van der Waals surface area (Å²) < 4.78 is 63.7. The lowest BCUT2D eigenvalue weighted by molar-refractivity contribution is -0.274. The maximum atomic E-state index is 12.4. The highest BCUT2D eigenvalue weighted by molar-refractivity contribution is 14.1. The van der Waals surface area contributed by atoms with Gasteiger partial charge in [-0.3, -0.25) is 0 Å². The fraction of sp³-hybridized carbons (Fsp3) is 0.286. The Bertz CT molecular complexity index is 397. The monoisotopic (exact) mass is 373 g/mol. The minimum absolute atomic E-state index is 0.174. The van der Waals surface area contributed by atoms with Gasteiger partial charge in [-0.15, -0.1) is 13.2 Å². The Morgan fingerprint density at radius 3 is 2.38 bits per heavy atom. The van der Waals surface area contributed by atoms with Crippen molar-refractivity contribution in [3.8, 4) is 5.75 Å². The molecule has 0 N–H and O–H groups in total. The van der Waals surface area contributed by atoms with E-state index in [0.717, 1.165) is 0 Å². The molecular formula is C7H2ClF5INO. The van der Waals surface area contributed by atoms with Gasteiger partial charge >= 0.3 is 6.36 Å². The Balaban J connectivity index is 3.19. The van der Waals surface area contributed by atoms with E-state index >= 15 is 0 Å². The summed E-state index contributed by atoms with van der Waals surface area (Å²) in [5, 5.41) is -0.785. The molecule has 0 amide bonds. The summed E-state index contributed by atoms with van der Waals surface area (Å²) in [5.41, 5.74) is -0.774. The van der Waals surface area contributed by atoms with Crippen LogP contribution in [-0.2, 0) is 0 Å². The molecule has 0 saturated carbocycles. The lowest BCUT2D eigenvalue weighted by atomic mass is 10.3. The number of aromatic nitrogens is 1. The summed E-state index contributed by atoms with van der Waals surface area (Å²) >= 11 is 6.81. The van der Waals surface area contributed by atoms with Gasteiger partial charge in [-0.1, -0.05) is 11.6 Å². The van der Waals surface area contributed by atoms with Crippen LogP contribution in [0.1, 0.15) is 12.0 Å². The molecule has 0 bridgehead atoms. The molecule has 0 fully saturated rings. The first-order chi connectivity index (χ1) is 7.22. The van der Waals surface area contributed by atoms with E-state index in [2.05, 4.69) is 9.72 Å². The Morgan fingerprint density at radius 2 is 1.94 bits per heavy atom. The molecule has 0 atom stereocenters. The van der Waals surface area contributed by atoms with Crippen LogP contribution in [0, 0.1) is 3.70 Å². The fourth-order valence-electron chi connectivity index (χ4n) is 0.846. The van der Waals surface area contributed by atoms with Crippen LogP contribution in [0.15, 0.2) is 6.20 Å². The molecule has 90 valence electrons. The van der Waals surface area contributed by atoms with E-state index in [-0.39, 0.29) is 3.70 Å². The summed E-state index contributed by atoms with van der Waals surface area (Å²) in [6.45, 7) is 0. The number of nitrogens with zero attached hydrogens (tertiary/aromatic N) is 1. The molecule has 0 radical (unpaired) electrons. The van der Waals surface area contributed by atoms with Crippen molar-refractivity contribution in [1.29, 1.82) is 0 Å². The molecule has 0 aromatic carbocycles. The lowest BCUT2D eigenvalue weighted by Gasteiger charge is -2.12. The van der Waals surface area contributed by atoms with E-state index in [1.54, 1.807) is 0 Å². The van der Waals surface area contributed by atoms with E-state index < -0.39 is 29.1 Å². The molecule has 1 heterocycles. The zero-order valence-electron chi connectivity index (χ0n) is 7.16. The summed E-state index contributed by atoms with van der Waals surface area (Å²) in [6.07, 6.45) is -7.38. The highest BCUT2D eigenvalue weighted by Gasteiger charge is 2.33. The van der Waals surface area contributed by atoms with Gasteiger partial charge < -0.3 is 4.74 Å². The first-order valence-electron chi connectivity index (χ1n) is 3.60. The molecule has 1 rings (SSSR count). The van der Waals surface area contributed by atoms with Crippen molar-refractivity contribution in [3.05, 3.63) is 20.5 Å². The van der Waals surface area contributed by atoms with Crippen LogP contribution in [0.3, 0.4) is 0 Å². The predicted octanol–water partition coefficient (Wildman–Crippen LogP) is 4.18. The maximum absolute atomic E-state index is 12.4. The largest absolute Gasteiger partial charge is 0.573 e. The first kappa shape index (κ1) is 13.7. The van der Waals surface area contributed by atoms with Gasteiger partial charge in [0.15, 0.2) is 5.75 Å². The molecule has 0 unspecified atom stereocenters. The van der Waals surface area contributed by atoms with E-state index in [9.17, 15) is 22.0 Å². The van der Waals surface area contributed by atoms with E-state index in [0.29, 0.717) is 6.20 Å². The van der Waals surface area contributed by atoms with E-state index in [4.69, 9.17) is 11.6 Å². The van der Waals surface area contributed by atoms with Gasteiger partial charge in [-0.2, -0.15) is 0 Å². The number of ether oxygens (including phenoxy) is 1. The molecule has 0 aliphatic rings. The SMILES string of the molecule is FC(F)c1c(I)ncc(OC(F)(F)F)c1Cl. The van der Waals surface area contributed by atoms with Gasteiger partial charge in [0.25, 0.3) is 6.43 Å². The number of hydrogen-bond acceptors (Lipinski definition) is 2. The molecule has 2 nitrogen and oxygen atoms in total. The average Bonchev–Trinajstić information content (AvgIpc) is 2.07. The van der Waals surface area contributed by atoms with Gasteiger partial charge in [-0.25, -0.2) is 13.8 Å². The van der Waals surface area contributed by atoms with Crippen LogP contribution in [0.25, 0.3) is 0 Å². The summed E-state index contributed by atoms with van der Waals surface area (Å²) in [4.78, 5) is 3.34. The molecular weight excluding hydrogens is 371 g/mol. The van der Waals surface area contributed by atoms with E-state index in [1.807, 2.05) is 0 Å². The topological polar surface area (TPSA) is 22.1 Å². The summed E-state index contributed by atoms with van der Waals surface area (Å²) in [5.74, 6) is -0.940. The Morgan fingerprint density at radius 1 is 1.38 bits per heavy atom. The predicted molar refractivity (Wildman–Crippen MR) is 53.6 cm³/mol. The molecule has 16 heavy (non-hydrogen) atoms. The van der Waals surface area contributed by atoms with Crippen LogP contribution in [0.4, 0.5) is 22.0 Å². The molecule has 1 aromatic heterocycles. The second kappa shape index (κ2) is 4.86. The van der Waals surface area contributed by atoms with Gasteiger partial charge in [0, 0.05) is 0 Å². The molecule has 0 aliphatic heterocycles. The zero-order valence-corrected chi connectivity index (χ0v) is 10.1. The van der Waals surface area contributed by atoms with Crippen molar-refractivity contribution < 1.29 is 26.7 Å². The van der Waals surface area contributed by atoms with Crippen LogP contribution < -0.4 is 4.74 Å². The lowest BCUT2D eigenvalue weighted by Crippen LogP contribution is -2.18. The standard InChI is InChI=1S/C7H2ClF5INO/c8-4-2(16-7(11,12)13)1-15-6(14)3(4)5(9)10/h1,5H. The molecule has 9 heteroatoms. The zero-order chi connectivity index (χ0) is 12.5. The Labute approximate surface area is 105 Å². The minimum Gasteiger partial charge on any atom is -0.403 e. The third kappa shape index (κ3) is 3.30. The van der Waals surface area contributed by atoms with Crippen molar-refractivity contribution in [2.75, 3.05) is 0 Å². The number of halogens is 7. The van der Waals surface area contributed by atoms with E-state index in [1.165, 1.54) is 22.6 Å². The van der Waals surface area contributed by atoms with Crippen molar-refractivity contribution >= 4 is 34.2 Å². The van der Waals surface area contributed by atoms with Gasteiger partial charge in [0.2, 0.25) is 0 Å². The number of rotatable bonds is 2. The van der Waals surface area contributed by atoms with Crippen molar-refractivity contribution in [1.82, 2.24) is 4.98 Å². The average molecular weight is 373 g/mol. The summed E-state index contributed by atoms with van der Waals surface area (Å²) in [6, 6.07) is 0. The van der Waals surface area contributed by atoms with Crippen LogP contribution in [0.5, 0.6) is 5.75 Å². The molecule has 0 spiro atoms. The number of hydrogen-bond donors (Lipinski definition) is 0. The maximum Gasteiger partial charge on any atom is 0.573 e. The Hall–Kier alpha value is -0.380. The second-order valence-electron chi connectivity index (χ2n) is 2.49. The van der Waals surface area contributed by atoms with Crippen molar-refractivity contribution in [2.45, 2.75) is 12.8 Å². The summed E-state index contributed by atoms with van der Waals surface area (Å²) in [7, 11) is 0. The van der Waals surface area contributed by atoms with Gasteiger partial charge in [0.1, 0.15) is 3.70 Å². The highest BCUT2D eigenvalue weighted by Crippen LogP contribution is 2.38. The van der Waals surface area contributed by atoms with Gasteiger partial charge in [0.05, 0.1) is 16.8 Å². The molecule has 0 saturated heterocycles. The second-order valence-corrected chi connectivity index (χ2v) is 3.89. The van der Waals surface area contributed by atoms with Gasteiger partial charge in [-0.05, 0) is 22.6 Å². The number of pyridine rings is 1. The Kier molecular flexibility index (Phi) is 4.16. The third-order valence-electron chi connectivity index (χ3n) is 1.41. The minimum atomic E-state index is -5.00. The smallest absolute Gasteiger partial charge is 0.403 e. The molecule has 1 aromatic rings. The first-order valence-corrected chi connectivity index (χ1v) is 5.06. The van der Waals surface area contributed by atoms with Crippen molar-refractivity contribution in [2.24, 2.45) is 0 Å². The number of alkyl halides is 5. The van der Waals surface area contributed by atoms with Crippen LogP contribution in [-0.4, -0.2) is 11.3 Å². The van der Waals surface area contributed by atoms with Crippen molar-refractivity contribution in [3.63, 3.8) is 0 Å².